The zero-order valence-corrected chi connectivity index (χ0v) is 15.0. The van der Waals surface area contributed by atoms with E-state index >= 15 is 0 Å². The summed E-state index contributed by atoms with van der Waals surface area (Å²) in [5.74, 6) is 1.45. The van der Waals surface area contributed by atoms with Crippen molar-refractivity contribution in [3.05, 3.63) is 54.5 Å². The maximum absolute atomic E-state index is 6.06. The number of nitrogens with zero attached hydrogens (tertiary/aromatic N) is 3. The Morgan fingerprint density at radius 1 is 1.08 bits per heavy atom. The average Bonchev–Trinajstić information content (AvgIpc) is 2.61. The minimum Gasteiger partial charge on any atom is -0.497 e. The van der Waals surface area contributed by atoms with Crippen molar-refractivity contribution in [2.24, 2.45) is 0 Å². The third-order valence-corrected chi connectivity index (χ3v) is 3.96. The Labute approximate surface area is 149 Å². The Morgan fingerprint density at radius 2 is 1.88 bits per heavy atom. The SMILES string of the molecule is COc1cccc(-c2cc(-c3ncccc3N)nc(C(C)Br)n2)c1. The zero-order valence-electron chi connectivity index (χ0n) is 13.4. The normalized spacial score (nSPS) is 12.0. The minimum atomic E-state index is 0.00624. The summed E-state index contributed by atoms with van der Waals surface area (Å²) in [6.45, 7) is 1.98. The van der Waals surface area contributed by atoms with Crippen LogP contribution in [0.5, 0.6) is 5.75 Å². The number of anilines is 1. The summed E-state index contributed by atoms with van der Waals surface area (Å²) in [4.78, 5) is 13.6. The number of pyridine rings is 1. The minimum absolute atomic E-state index is 0.00624. The highest BCUT2D eigenvalue weighted by Gasteiger charge is 2.14. The molecule has 24 heavy (non-hydrogen) atoms. The molecule has 122 valence electrons. The molecule has 5 nitrogen and oxygen atoms in total. The smallest absolute Gasteiger partial charge is 0.143 e. The molecule has 1 atom stereocenters. The van der Waals surface area contributed by atoms with Gasteiger partial charge in [-0.25, -0.2) is 9.97 Å². The molecule has 3 aromatic rings. The molecule has 0 saturated carbocycles. The number of alkyl halides is 1. The summed E-state index contributed by atoms with van der Waals surface area (Å²) < 4.78 is 5.30. The molecule has 2 heterocycles. The van der Waals surface area contributed by atoms with Gasteiger partial charge in [0.2, 0.25) is 0 Å². The van der Waals surface area contributed by atoms with Crippen LogP contribution in [0.4, 0.5) is 5.69 Å². The monoisotopic (exact) mass is 384 g/mol. The van der Waals surface area contributed by atoms with E-state index < -0.39 is 0 Å². The van der Waals surface area contributed by atoms with Crippen molar-refractivity contribution in [2.45, 2.75) is 11.8 Å². The summed E-state index contributed by atoms with van der Waals surface area (Å²) in [5, 5.41) is 0. The van der Waals surface area contributed by atoms with Gasteiger partial charge in [0.15, 0.2) is 0 Å². The van der Waals surface area contributed by atoms with Gasteiger partial charge in [-0.3, -0.25) is 4.98 Å². The predicted octanol–water partition coefficient (Wildman–Crippen LogP) is 4.25. The van der Waals surface area contributed by atoms with E-state index in [0.717, 1.165) is 17.0 Å². The van der Waals surface area contributed by atoms with Gasteiger partial charge in [0.25, 0.3) is 0 Å². The molecule has 0 amide bonds. The van der Waals surface area contributed by atoms with Crippen LogP contribution in [0.15, 0.2) is 48.7 Å². The van der Waals surface area contributed by atoms with Gasteiger partial charge < -0.3 is 10.5 Å². The number of benzene rings is 1. The van der Waals surface area contributed by atoms with Gasteiger partial charge in [-0.15, -0.1) is 0 Å². The first-order valence-electron chi connectivity index (χ1n) is 7.47. The molecule has 1 aromatic carbocycles. The Morgan fingerprint density at radius 3 is 2.58 bits per heavy atom. The maximum atomic E-state index is 6.06. The van der Waals surface area contributed by atoms with Crippen LogP contribution in [-0.4, -0.2) is 22.1 Å². The second kappa shape index (κ2) is 6.97. The molecule has 0 aliphatic carbocycles. The van der Waals surface area contributed by atoms with Gasteiger partial charge in [-0.05, 0) is 37.3 Å². The number of nitrogen functional groups attached to an aromatic ring is 1. The van der Waals surface area contributed by atoms with Gasteiger partial charge in [0.1, 0.15) is 17.3 Å². The molecular formula is C18H17BrN4O. The quantitative estimate of drug-likeness (QED) is 0.680. The lowest BCUT2D eigenvalue weighted by molar-refractivity contribution is 0.415. The highest BCUT2D eigenvalue weighted by atomic mass is 79.9. The fourth-order valence-electron chi connectivity index (χ4n) is 2.33. The number of nitrogens with two attached hydrogens (primary N) is 1. The van der Waals surface area contributed by atoms with Crippen LogP contribution in [0.2, 0.25) is 0 Å². The standard InChI is InChI=1S/C18H17BrN4O/c1-11(19)18-22-15(12-5-3-6-13(9-12)24-2)10-16(23-18)17-14(20)7-4-8-21-17/h3-11H,20H2,1-2H3. The van der Waals surface area contributed by atoms with E-state index in [1.165, 1.54) is 0 Å². The first-order chi connectivity index (χ1) is 11.6. The van der Waals surface area contributed by atoms with Crippen LogP contribution in [0.1, 0.15) is 17.6 Å². The molecular weight excluding hydrogens is 368 g/mol. The van der Waals surface area contributed by atoms with Gasteiger partial charge in [-0.2, -0.15) is 0 Å². The number of aromatic nitrogens is 3. The third kappa shape index (κ3) is 3.38. The molecule has 0 bridgehead atoms. The van der Waals surface area contributed by atoms with E-state index in [2.05, 4.69) is 30.9 Å². The Bertz CT molecular complexity index is 867. The molecule has 3 rings (SSSR count). The van der Waals surface area contributed by atoms with Crippen molar-refractivity contribution in [3.63, 3.8) is 0 Å². The topological polar surface area (TPSA) is 73.9 Å². The van der Waals surface area contributed by atoms with Gasteiger partial charge in [0.05, 0.1) is 29.0 Å². The van der Waals surface area contributed by atoms with E-state index in [1.807, 2.05) is 43.3 Å². The fourth-order valence-corrected chi connectivity index (χ4v) is 2.53. The molecule has 0 radical (unpaired) electrons. The molecule has 0 spiro atoms. The van der Waals surface area contributed by atoms with Crippen molar-refractivity contribution in [2.75, 3.05) is 12.8 Å². The van der Waals surface area contributed by atoms with Crippen LogP contribution in [0.3, 0.4) is 0 Å². The maximum Gasteiger partial charge on any atom is 0.143 e. The first kappa shape index (κ1) is 16.4. The van der Waals surface area contributed by atoms with Crippen LogP contribution in [-0.2, 0) is 0 Å². The second-order valence-electron chi connectivity index (χ2n) is 5.29. The first-order valence-corrected chi connectivity index (χ1v) is 8.38. The van der Waals surface area contributed by atoms with Crippen LogP contribution >= 0.6 is 15.9 Å². The van der Waals surface area contributed by atoms with Crippen LogP contribution in [0.25, 0.3) is 22.6 Å². The number of ether oxygens (including phenoxy) is 1. The molecule has 0 fully saturated rings. The molecule has 0 saturated heterocycles. The Hall–Kier alpha value is -2.47. The summed E-state index contributed by atoms with van der Waals surface area (Å²) in [6.07, 6.45) is 1.70. The number of hydrogen-bond donors (Lipinski definition) is 1. The van der Waals surface area contributed by atoms with Crippen LogP contribution < -0.4 is 10.5 Å². The molecule has 2 N–H and O–H groups in total. The highest BCUT2D eigenvalue weighted by molar-refractivity contribution is 9.09. The van der Waals surface area contributed by atoms with Crippen molar-refractivity contribution < 1.29 is 4.74 Å². The van der Waals surface area contributed by atoms with Crippen molar-refractivity contribution in [1.82, 2.24) is 15.0 Å². The molecule has 6 heteroatoms. The van der Waals surface area contributed by atoms with Crippen molar-refractivity contribution in [3.8, 4) is 28.4 Å². The lowest BCUT2D eigenvalue weighted by atomic mass is 10.1. The Balaban J connectivity index is 2.18. The third-order valence-electron chi connectivity index (χ3n) is 3.55. The molecule has 0 aliphatic heterocycles. The summed E-state index contributed by atoms with van der Waals surface area (Å²) >= 11 is 3.54. The van der Waals surface area contributed by atoms with Crippen molar-refractivity contribution >= 4 is 21.6 Å². The number of hydrogen-bond acceptors (Lipinski definition) is 5. The van der Waals surface area contributed by atoms with Gasteiger partial charge in [0, 0.05) is 11.8 Å². The van der Waals surface area contributed by atoms with E-state index in [0.29, 0.717) is 22.9 Å². The van der Waals surface area contributed by atoms with Gasteiger partial charge in [-0.1, -0.05) is 28.1 Å². The summed E-state index contributed by atoms with van der Waals surface area (Å²) in [6, 6.07) is 13.3. The van der Waals surface area contributed by atoms with Gasteiger partial charge >= 0.3 is 0 Å². The summed E-state index contributed by atoms with van der Waals surface area (Å²) in [5.41, 5.74) is 9.73. The van der Waals surface area contributed by atoms with E-state index in [4.69, 9.17) is 10.5 Å². The zero-order chi connectivity index (χ0) is 17.1. The number of halogens is 1. The average molecular weight is 385 g/mol. The lowest BCUT2D eigenvalue weighted by Gasteiger charge is -2.11. The van der Waals surface area contributed by atoms with Crippen LogP contribution in [0, 0.1) is 0 Å². The van der Waals surface area contributed by atoms with E-state index in [9.17, 15) is 0 Å². The van der Waals surface area contributed by atoms with Crippen molar-refractivity contribution in [1.29, 1.82) is 0 Å². The largest absolute Gasteiger partial charge is 0.497 e. The summed E-state index contributed by atoms with van der Waals surface area (Å²) in [7, 11) is 1.64. The molecule has 1 unspecified atom stereocenters. The fraction of sp³-hybridized carbons (Fsp3) is 0.167. The van der Waals surface area contributed by atoms with E-state index in [-0.39, 0.29) is 4.83 Å². The number of methoxy groups -OCH3 is 1. The number of rotatable bonds is 4. The highest BCUT2D eigenvalue weighted by Crippen LogP contribution is 2.30. The lowest BCUT2D eigenvalue weighted by Crippen LogP contribution is -2.02. The van der Waals surface area contributed by atoms with E-state index in [1.54, 1.807) is 19.4 Å². The Kier molecular flexibility index (Phi) is 4.76. The second-order valence-corrected chi connectivity index (χ2v) is 6.66. The molecule has 2 aromatic heterocycles. The molecule has 0 aliphatic rings. The predicted molar refractivity (Wildman–Crippen MR) is 99.0 cm³/mol.